The Morgan fingerprint density at radius 2 is 2.00 bits per heavy atom. The average Bonchev–Trinajstić information content (AvgIpc) is 1.88. The molecular weight excluding hydrogens is 187 g/mol. The van der Waals surface area contributed by atoms with E-state index in [1.807, 2.05) is 0 Å². The second-order valence-electron chi connectivity index (χ2n) is 2.23. The third-order valence-electron chi connectivity index (χ3n) is 1.29. The second kappa shape index (κ2) is 8.01. The second-order valence-corrected chi connectivity index (χ2v) is 2.23. The van der Waals surface area contributed by atoms with Gasteiger partial charge in [0.2, 0.25) is 0 Å². The van der Waals surface area contributed by atoms with Gasteiger partial charge in [0.05, 0.1) is 0 Å². The Hall–Kier alpha value is -0.0905. The summed E-state index contributed by atoms with van der Waals surface area (Å²) in [5.41, 5.74) is 10.4. The van der Waals surface area contributed by atoms with Crippen LogP contribution in [0.3, 0.4) is 0 Å². The van der Waals surface area contributed by atoms with E-state index < -0.39 is 12.0 Å². The summed E-state index contributed by atoms with van der Waals surface area (Å²) in [5, 5.41) is 8.33. The molecule has 0 aliphatic heterocycles. The van der Waals surface area contributed by atoms with Gasteiger partial charge in [-0.1, -0.05) is 6.42 Å². The molecule has 0 spiro atoms. The zero-order chi connectivity index (χ0) is 7.98. The number of rotatable bonds is 5. The Balaban J connectivity index is 0. The van der Waals surface area contributed by atoms with Crippen LogP contribution in [-0.2, 0) is 21.9 Å². The SMILES string of the molecule is NCCCCC(N)C(=O)O.[Mn]. The van der Waals surface area contributed by atoms with Gasteiger partial charge in [-0.3, -0.25) is 4.79 Å². The largest absolute Gasteiger partial charge is 0.480 e. The minimum atomic E-state index is -0.933. The van der Waals surface area contributed by atoms with Crippen molar-refractivity contribution in [3.05, 3.63) is 0 Å². The predicted molar refractivity (Wildman–Crippen MR) is 38.5 cm³/mol. The Kier molecular flexibility index (Phi) is 9.83. The average molecular weight is 201 g/mol. The van der Waals surface area contributed by atoms with Crippen LogP contribution >= 0.6 is 0 Å². The summed E-state index contributed by atoms with van der Waals surface area (Å²) >= 11 is 0. The molecule has 11 heavy (non-hydrogen) atoms. The fourth-order valence-electron chi connectivity index (χ4n) is 0.632. The Labute approximate surface area is 76.8 Å². The van der Waals surface area contributed by atoms with Gasteiger partial charge in [-0.2, -0.15) is 0 Å². The van der Waals surface area contributed by atoms with Crippen LogP contribution < -0.4 is 11.5 Å². The van der Waals surface area contributed by atoms with Crippen LogP contribution in [0.1, 0.15) is 19.3 Å². The van der Waals surface area contributed by atoms with Crippen molar-refractivity contribution in [2.75, 3.05) is 6.54 Å². The first-order valence-electron chi connectivity index (χ1n) is 3.37. The van der Waals surface area contributed by atoms with Gasteiger partial charge in [-0.25, -0.2) is 0 Å². The Morgan fingerprint density at radius 3 is 2.36 bits per heavy atom. The third kappa shape index (κ3) is 7.81. The molecule has 0 heterocycles. The van der Waals surface area contributed by atoms with E-state index in [2.05, 4.69) is 0 Å². The number of hydrogen-bond donors (Lipinski definition) is 3. The summed E-state index contributed by atoms with van der Waals surface area (Å²) in [5.74, 6) is -0.933. The molecule has 4 nitrogen and oxygen atoms in total. The number of carboxylic acid groups (broad SMARTS) is 1. The molecular formula is C6H14MnN2O2. The molecule has 0 saturated heterocycles. The van der Waals surface area contributed by atoms with Gasteiger partial charge >= 0.3 is 5.97 Å². The molecule has 0 aromatic carbocycles. The zero-order valence-electron chi connectivity index (χ0n) is 6.29. The molecule has 1 radical (unpaired) electrons. The number of unbranched alkanes of at least 4 members (excludes halogenated alkanes) is 1. The van der Waals surface area contributed by atoms with Crippen LogP contribution in [0.4, 0.5) is 0 Å². The minimum absolute atomic E-state index is 0. The zero-order valence-corrected chi connectivity index (χ0v) is 7.47. The summed E-state index contributed by atoms with van der Waals surface area (Å²) < 4.78 is 0. The van der Waals surface area contributed by atoms with Gasteiger partial charge in [-0.15, -0.1) is 0 Å². The minimum Gasteiger partial charge on any atom is -0.480 e. The van der Waals surface area contributed by atoms with Crippen molar-refractivity contribution in [2.24, 2.45) is 11.5 Å². The molecule has 5 N–H and O–H groups in total. The van der Waals surface area contributed by atoms with Crippen molar-refractivity contribution < 1.29 is 27.0 Å². The van der Waals surface area contributed by atoms with Crippen molar-refractivity contribution in [2.45, 2.75) is 25.3 Å². The molecule has 0 saturated carbocycles. The molecule has 0 amide bonds. The van der Waals surface area contributed by atoms with E-state index in [1.165, 1.54) is 0 Å². The van der Waals surface area contributed by atoms with Crippen molar-refractivity contribution in [1.82, 2.24) is 0 Å². The summed E-state index contributed by atoms with van der Waals surface area (Å²) in [4.78, 5) is 10.1. The van der Waals surface area contributed by atoms with E-state index in [4.69, 9.17) is 16.6 Å². The van der Waals surface area contributed by atoms with Crippen LogP contribution in [0, 0.1) is 0 Å². The molecule has 0 aliphatic carbocycles. The molecule has 0 aromatic rings. The third-order valence-corrected chi connectivity index (χ3v) is 1.29. The van der Waals surface area contributed by atoms with Crippen LogP contribution in [0.25, 0.3) is 0 Å². The quantitative estimate of drug-likeness (QED) is 0.414. The van der Waals surface area contributed by atoms with Crippen LogP contribution in [0.5, 0.6) is 0 Å². The molecule has 1 atom stereocenters. The first kappa shape index (κ1) is 13.5. The summed E-state index contributed by atoms with van der Waals surface area (Å²) in [6.07, 6.45) is 2.16. The number of carbonyl (C=O) groups is 1. The molecule has 0 aromatic heterocycles. The maximum absolute atomic E-state index is 10.1. The molecule has 1 unspecified atom stereocenters. The molecule has 5 heteroatoms. The summed E-state index contributed by atoms with van der Waals surface area (Å²) in [7, 11) is 0. The first-order chi connectivity index (χ1) is 4.68. The fourth-order valence-corrected chi connectivity index (χ4v) is 0.632. The number of carboxylic acids is 1. The number of aliphatic carboxylic acids is 1. The number of nitrogens with two attached hydrogens (primary N) is 2. The van der Waals surface area contributed by atoms with E-state index in [-0.39, 0.29) is 17.1 Å². The molecule has 67 valence electrons. The van der Waals surface area contributed by atoms with Crippen molar-refractivity contribution in [1.29, 1.82) is 0 Å². The number of hydrogen-bond acceptors (Lipinski definition) is 3. The van der Waals surface area contributed by atoms with E-state index in [0.29, 0.717) is 13.0 Å². The predicted octanol–water partition coefficient (Wildman–Crippen LogP) is -0.475. The first-order valence-corrected chi connectivity index (χ1v) is 3.37. The fraction of sp³-hybridized carbons (Fsp3) is 0.833. The maximum atomic E-state index is 10.1. The molecule has 0 fully saturated rings. The smallest absolute Gasteiger partial charge is 0.320 e. The van der Waals surface area contributed by atoms with E-state index in [1.54, 1.807) is 0 Å². The van der Waals surface area contributed by atoms with Crippen LogP contribution in [-0.4, -0.2) is 23.7 Å². The van der Waals surface area contributed by atoms with Crippen LogP contribution in [0.2, 0.25) is 0 Å². The monoisotopic (exact) mass is 201 g/mol. The summed E-state index contributed by atoms with van der Waals surface area (Å²) in [6, 6.07) is -0.716. The Morgan fingerprint density at radius 1 is 1.45 bits per heavy atom. The normalized spacial score (nSPS) is 11.8. The van der Waals surface area contributed by atoms with Gasteiger partial charge in [0.15, 0.2) is 0 Å². The van der Waals surface area contributed by atoms with Gasteiger partial charge in [-0.05, 0) is 19.4 Å². The van der Waals surface area contributed by atoms with E-state index >= 15 is 0 Å². The van der Waals surface area contributed by atoms with Crippen LogP contribution in [0.15, 0.2) is 0 Å². The van der Waals surface area contributed by atoms with Gasteiger partial charge in [0, 0.05) is 17.1 Å². The standard InChI is InChI=1S/C6H14N2O2.Mn/c7-4-2-1-3-5(8)6(9)10;/h5H,1-4,7-8H2,(H,9,10);. The summed E-state index contributed by atoms with van der Waals surface area (Å²) in [6.45, 7) is 0.604. The molecule has 0 rings (SSSR count). The Bertz CT molecular complexity index is 111. The molecule has 0 aliphatic rings. The van der Waals surface area contributed by atoms with Gasteiger partial charge in [0.1, 0.15) is 6.04 Å². The van der Waals surface area contributed by atoms with Crippen molar-refractivity contribution in [3.8, 4) is 0 Å². The molecule has 0 bridgehead atoms. The van der Waals surface area contributed by atoms with Gasteiger partial charge < -0.3 is 16.6 Å². The van der Waals surface area contributed by atoms with Crippen molar-refractivity contribution in [3.63, 3.8) is 0 Å². The van der Waals surface area contributed by atoms with E-state index in [0.717, 1.165) is 12.8 Å². The van der Waals surface area contributed by atoms with Gasteiger partial charge in [0.25, 0.3) is 0 Å². The topological polar surface area (TPSA) is 89.3 Å². The van der Waals surface area contributed by atoms with Crippen molar-refractivity contribution >= 4 is 5.97 Å². The van der Waals surface area contributed by atoms with E-state index in [9.17, 15) is 4.79 Å². The maximum Gasteiger partial charge on any atom is 0.320 e.